The quantitative estimate of drug-likeness (QED) is 0.686. The second kappa shape index (κ2) is 5.66. The Morgan fingerprint density at radius 3 is 2.75 bits per heavy atom. The number of hydrogen-bond donors (Lipinski definition) is 1. The molecule has 1 atom stereocenters. The van der Waals surface area contributed by atoms with Gasteiger partial charge >= 0.3 is 0 Å². The molecule has 7 heteroatoms. The van der Waals surface area contributed by atoms with Gasteiger partial charge in [0.2, 0.25) is 5.91 Å². The van der Waals surface area contributed by atoms with Crippen LogP contribution >= 0.6 is 11.6 Å². The van der Waals surface area contributed by atoms with Gasteiger partial charge in [-0.15, -0.1) is 0 Å². The van der Waals surface area contributed by atoms with Crippen molar-refractivity contribution in [1.29, 1.82) is 0 Å². The van der Waals surface area contributed by atoms with Crippen LogP contribution in [-0.4, -0.2) is 23.4 Å². The molecule has 20 heavy (non-hydrogen) atoms. The van der Waals surface area contributed by atoms with Crippen molar-refractivity contribution in [3.05, 3.63) is 32.8 Å². The monoisotopic (exact) mass is 297 g/mol. The molecule has 6 nitrogen and oxygen atoms in total. The molecule has 1 saturated heterocycles. The van der Waals surface area contributed by atoms with Gasteiger partial charge in [-0.1, -0.05) is 11.6 Å². The van der Waals surface area contributed by atoms with E-state index in [1.807, 2.05) is 11.8 Å². The minimum Gasteiger partial charge on any atom is -0.366 e. The SMILES string of the molecule is C[C@@H]1CCCCN1c1c(Cl)cc(C(N)=O)cc1[N+](=O)[O-]. The molecule has 0 unspecified atom stereocenters. The first-order chi connectivity index (χ1) is 9.41. The fourth-order valence-corrected chi connectivity index (χ4v) is 2.90. The third-order valence-electron chi connectivity index (χ3n) is 3.61. The number of amides is 1. The highest BCUT2D eigenvalue weighted by molar-refractivity contribution is 6.34. The van der Waals surface area contributed by atoms with Crippen LogP contribution in [0.4, 0.5) is 11.4 Å². The lowest BCUT2D eigenvalue weighted by atomic mass is 10.0. The first kappa shape index (κ1) is 14.6. The smallest absolute Gasteiger partial charge is 0.294 e. The van der Waals surface area contributed by atoms with Crippen LogP contribution in [0.5, 0.6) is 0 Å². The van der Waals surface area contributed by atoms with E-state index in [2.05, 4.69) is 0 Å². The number of benzene rings is 1. The van der Waals surface area contributed by atoms with E-state index in [-0.39, 0.29) is 22.3 Å². The summed E-state index contributed by atoms with van der Waals surface area (Å²) in [6, 6.07) is 2.78. The van der Waals surface area contributed by atoms with E-state index < -0.39 is 10.8 Å². The van der Waals surface area contributed by atoms with Gasteiger partial charge in [-0.3, -0.25) is 14.9 Å². The zero-order valence-electron chi connectivity index (χ0n) is 11.1. The van der Waals surface area contributed by atoms with Crippen LogP contribution in [0.3, 0.4) is 0 Å². The van der Waals surface area contributed by atoms with Crippen molar-refractivity contribution in [2.45, 2.75) is 32.2 Å². The molecule has 2 rings (SSSR count). The van der Waals surface area contributed by atoms with E-state index in [4.69, 9.17) is 17.3 Å². The Hall–Kier alpha value is -1.82. The molecule has 1 heterocycles. The maximum atomic E-state index is 11.3. The van der Waals surface area contributed by atoms with Gasteiger partial charge in [0, 0.05) is 24.2 Å². The lowest BCUT2D eigenvalue weighted by Gasteiger charge is -2.35. The van der Waals surface area contributed by atoms with Crippen molar-refractivity contribution in [3.63, 3.8) is 0 Å². The van der Waals surface area contributed by atoms with Gasteiger partial charge in [0.25, 0.3) is 5.69 Å². The number of carbonyl (C=O) groups excluding carboxylic acids is 1. The van der Waals surface area contributed by atoms with E-state index in [0.29, 0.717) is 5.69 Å². The highest BCUT2D eigenvalue weighted by atomic mass is 35.5. The molecule has 1 aliphatic rings. The normalized spacial score (nSPS) is 18.9. The zero-order chi connectivity index (χ0) is 14.9. The number of halogens is 1. The van der Waals surface area contributed by atoms with Crippen LogP contribution < -0.4 is 10.6 Å². The Morgan fingerprint density at radius 1 is 1.50 bits per heavy atom. The van der Waals surface area contributed by atoms with E-state index in [9.17, 15) is 14.9 Å². The molecule has 0 radical (unpaired) electrons. The maximum Gasteiger partial charge on any atom is 0.294 e. The molecular formula is C13H16ClN3O3. The number of nitro groups is 1. The summed E-state index contributed by atoms with van der Waals surface area (Å²) in [5.41, 5.74) is 5.44. The fourth-order valence-electron chi connectivity index (χ4n) is 2.58. The Kier molecular flexibility index (Phi) is 4.13. The van der Waals surface area contributed by atoms with Crippen molar-refractivity contribution in [3.8, 4) is 0 Å². The van der Waals surface area contributed by atoms with Crippen molar-refractivity contribution in [1.82, 2.24) is 0 Å². The second-order valence-electron chi connectivity index (χ2n) is 4.99. The highest BCUT2D eigenvalue weighted by Crippen LogP contribution is 2.39. The average molecular weight is 298 g/mol. The minimum absolute atomic E-state index is 0.0510. The highest BCUT2D eigenvalue weighted by Gasteiger charge is 2.29. The number of primary amides is 1. The molecule has 0 aliphatic carbocycles. The molecule has 108 valence electrons. The topological polar surface area (TPSA) is 89.5 Å². The van der Waals surface area contributed by atoms with Gasteiger partial charge < -0.3 is 10.6 Å². The molecular weight excluding hydrogens is 282 g/mol. The van der Waals surface area contributed by atoms with Crippen molar-refractivity contribution in [2.75, 3.05) is 11.4 Å². The first-order valence-electron chi connectivity index (χ1n) is 6.46. The molecule has 1 aromatic rings. The van der Waals surface area contributed by atoms with Crippen LogP contribution in [0.2, 0.25) is 5.02 Å². The van der Waals surface area contributed by atoms with Crippen LogP contribution in [0.15, 0.2) is 12.1 Å². The fraction of sp³-hybridized carbons (Fsp3) is 0.462. The number of nitro benzene ring substituents is 1. The van der Waals surface area contributed by atoms with E-state index in [1.54, 1.807) is 0 Å². The number of anilines is 1. The molecule has 0 bridgehead atoms. The van der Waals surface area contributed by atoms with Crippen LogP contribution in [0, 0.1) is 10.1 Å². The molecule has 1 aromatic carbocycles. The number of nitrogens with zero attached hydrogens (tertiary/aromatic N) is 2. The van der Waals surface area contributed by atoms with E-state index >= 15 is 0 Å². The Balaban J connectivity index is 2.56. The Bertz CT molecular complexity index is 562. The molecule has 1 amide bonds. The van der Waals surface area contributed by atoms with Crippen molar-refractivity contribution >= 4 is 28.9 Å². The molecule has 0 saturated carbocycles. The zero-order valence-corrected chi connectivity index (χ0v) is 11.9. The lowest BCUT2D eigenvalue weighted by Crippen LogP contribution is -2.38. The largest absolute Gasteiger partial charge is 0.366 e. The number of rotatable bonds is 3. The molecule has 1 fully saturated rings. The van der Waals surface area contributed by atoms with Gasteiger partial charge in [0.15, 0.2) is 0 Å². The third kappa shape index (κ3) is 2.70. The maximum absolute atomic E-state index is 11.3. The summed E-state index contributed by atoms with van der Waals surface area (Å²) in [7, 11) is 0. The Morgan fingerprint density at radius 2 is 2.20 bits per heavy atom. The van der Waals surface area contributed by atoms with Crippen molar-refractivity contribution in [2.24, 2.45) is 5.73 Å². The van der Waals surface area contributed by atoms with Crippen molar-refractivity contribution < 1.29 is 9.72 Å². The number of piperidine rings is 1. The predicted octanol–water partition coefficient (Wildman–Crippen LogP) is 2.73. The predicted molar refractivity (Wildman–Crippen MR) is 77.3 cm³/mol. The minimum atomic E-state index is -0.728. The summed E-state index contributed by atoms with van der Waals surface area (Å²) in [6.07, 6.45) is 3.03. The standard InChI is InChI=1S/C13H16ClN3O3/c1-8-4-2-3-5-16(8)12-10(14)6-9(13(15)18)7-11(12)17(19)20/h6-8H,2-5H2,1H3,(H2,15,18)/t8-/m1/s1. The summed E-state index contributed by atoms with van der Waals surface area (Å²) >= 11 is 6.17. The summed E-state index contributed by atoms with van der Waals surface area (Å²) in [4.78, 5) is 23.9. The van der Waals surface area contributed by atoms with Gasteiger partial charge in [0.1, 0.15) is 5.69 Å². The van der Waals surface area contributed by atoms with Gasteiger partial charge in [-0.2, -0.15) is 0 Å². The van der Waals surface area contributed by atoms with Gasteiger partial charge in [0.05, 0.1) is 9.95 Å². The summed E-state index contributed by atoms with van der Waals surface area (Å²) in [5.74, 6) is -0.728. The van der Waals surface area contributed by atoms with E-state index in [0.717, 1.165) is 25.8 Å². The summed E-state index contributed by atoms with van der Waals surface area (Å²) in [5, 5.41) is 11.5. The molecule has 1 aliphatic heterocycles. The third-order valence-corrected chi connectivity index (χ3v) is 3.90. The molecule has 2 N–H and O–H groups in total. The Labute approximate surface area is 121 Å². The number of hydrogen-bond acceptors (Lipinski definition) is 4. The van der Waals surface area contributed by atoms with Crippen LogP contribution in [0.1, 0.15) is 36.5 Å². The van der Waals surface area contributed by atoms with Crippen LogP contribution in [0.25, 0.3) is 0 Å². The number of carbonyl (C=O) groups is 1. The summed E-state index contributed by atoms with van der Waals surface area (Å²) in [6.45, 7) is 2.73. The van der Waals surface area contributed by atoms with Crippen LogP contribution in [-0.2, 0) is 0 Å². The second-order valence-corrected chi connectivity index (χ2v) is 5.39. The molecule has 0 spiro atoms. The number of nitrogens with two attached hydrogens (primary N) is 1. The summed E-state index contributed by atoms with van der Waals surface area (Å²) < 4.78 is 0. The van der Waals surface area contributed by atoms with E-state index in [1.165, 1.54) is 12.1 Å². The van der Waals surface area contributed by atoms with Gasteiger partial charge in [-0.25, -0.2) is 0 Å². The van der Waals surface area contributed by atoms with Gasteiger partial charge in [-0.05, 0) is 32.3 Å². The molecule has 0 aromatic heterocycles. The lowest BCUT2D eigenvalue weighted by molar-refractivity contribution is -0.384. The average Bonchev–Trinajstić information content (AvgIpc) is 2.38. The first-order valence-corrected chi connectivity index (χ1v) is 6.84.